The highest BCUT2D eigenvalue weighted by molar-refractivity contribution is 7.91. The highest BCUT2D eigenvalue weighted by atomic mass is 32.2. The van der Waals surface area contributed by atoms with Crippen molar-refractivity contribution in [2.24, 2.45) is 0 Å². The number of allylic oxidation sites excluding steroid dienone is 1. The monoisotopic (exact) mass is 316 g/mol. The van der Waals surface area contributed by atoms with Crippen LogP contribution >= 0.6 is 0 Å². The fraction of sp³-hybridized carbons (Fsp3) is 0.692. The van der Waals surface area contributed by atoms with Crippen molar-refractivity contribution in [1.29, 1.82) is 0 Å². The second-order valence-electron chi connectivity index (χ2n) is 5.49. The number of hydrogen-bond donors (Lipinski definition) is 2. The van der Waals surface area contributed by atoms with E-state index in [1.165, 1.54) is 4.90 Å². The number of rotatable bonds is 3. The summed E-state index contributed by atoms with van der Waals surface area (Å²) in [5.41, 5.74) is 0. The number of amides is 2. The molecule has 2 N–H and O–H groups in total. The number of carbonyl (C=O) groups is 2. The largest absolute Gasteiger partial charge is 0.481 e. The quantitative estimate of drug-likeness (QED) is 0.733. The van der Waals surface area contributed by atoms with Crippen LogP contribution in [0.4, 0.5) is 4.79 Å². The first-order valence-electron chi connectivity index (χ1n) is 7.02. The van der Waals surface area contributed by atoms with E-state index in [-0.39, 0.29) is 36.5 Å². The van der Waals surface area contributed by atoms with Gasteiger partial charge in [-0.2, -0.15) is 0 Å². The van der Waals surface area contributed by atoms with Gasteiger partial charge in [0.1, 0.15) is 0 Å². The number of carboxylic acids is 1. The smallest absolute Gasteiger partial charge is 0.317 e. The van der Waals surface area contributed by atoms with Gasteiger partial charge in [-0.1, -0.05) is 12.2 Å². The first-order valence-corrected chi connectivity index (χ1v) is 8.84. The Labute approximate surface area is 123 Å². The maximum atomic E-state index is 12.3. The molecule has 2 unspecified atom stereocenters. The summed E-state index contributed by atoms with van der Waals surface area (Å²) in [7, 11) is -3.27. The van der Waals surface area contributed by atoms with Gasteiger partial charge < -0.3 is 15.3 Å². The van der Waals surface area contributed by atoms with E-state index in [9.17, 15) is 18.0 Å². The van der Waals surface area contributed by atoms with Gasteiger partial charge in [-0.15, -0.1) is 0 Å². The molecule has 2 aliphatic rings. The van der Waals surface area contributed by atoms with Crippen molar-refractivity contribution in [2.45, 2.75) is 37.8 Å². The topological polar surface area (TPSA) is 104 Å². The molecular weight excluding hydrogens is 296 g/mol. The average Bonchev–Trinajstić information content (AvgIpc) is 2.38. The molecule has 0 aromatic heterocycles. The summed E-state index contributed by atoms with van der Waals surface area (Å²) in [4.78, 5) is 24.5. The number of aliphatic carboxylic acids is 1. The van der Waals surface area contributed by atoms with E-state index in [0.717, 1.165) is 19.3 Å². The van der Waals surface area contributed by atoms with Crippen molar-refractivity contribution >= 4 is 21.8 Å². The number of hydrogen-bond acceptors (Lipinski definition) is 4. The molecule has 118 valence electrons. The molecule has 0 aromatic rings. The van der Waals surface area contributed by atoms with E-state index in [1.807, 2.05) is 6.08 Å². The average molecular weight is 316 g/mol. The van der Waals surface area contributed by atoms with Gasteiger partial charge in [0.2, 0.25) is 0 Å². The maximum absolute atomic E-state index is 12.3. The van der Waals surface area contributed by atoms with E-state index < -0.39 is 21.8 Å². The second kappa shape index (κ2) is 6.46. The zero-order valence-electron chi connectivity index (χ0n) is 11.7. The lowest BCUT2D eigenvalue weighted by molar-refractivity contribution is -0.138. The molecule has 1 fully saturated rings. The lowest BCUT2D eigenvalue weighted by atomic mass is 10.0. The third-order valence-electron chi connectivity index (χ3n) is 3.80. The molecule has 1 aliphatic heterocycles. The molecule has 8 heteroatoms. The zero-order valence-corrected chi connectivity index (χ0v) is 12.5. The number of carboxylic acid groups (broad SMARTS) is 1. The van der Waals surface area contributed by atoms with Gasteiger partial charge in [-0.3, -0.25) is 4.79 Å². The Morgan fingerprint density at radius 3 is 2.71 bits per heavy atom. The van der Waals surface area contributed by atoms with Gasteiger partial charge in [0.25, 0.3) is 0 Å². The van der Waals surface area contributed by atoms with Crippen LogP contribution in [0.5, 0.6) is 0 Å². The van der Waals surface area contributed by atoms with Crippen molar-refractivity contribution in [3.05, 3.63) is 12.2 Å². The van der Waals surface area contributed by atoms with Crippen LogP contribution in [0.25, 0.3) is 0 Å². The molecule has 2 atom stereocenters. The van der Waals surface area contributed by atoms with Gasteiger partial charge >= 0.3 is 12.0 Å². The third-order valence-corrected chi connectivity index (χ3v) is 5.50. The fourth-order valence-electron chi connectivity index (χ4n) is 2.71. The van der Waals surface area contributed by atoms with Gasteiger partial charge in [0.05, 0.1) is 24.0 Å². The van der Waals surface area contributed by atoms with Crippen molar-refractivity contribution in [3.63, 3.8) is 0 Å². The summed E-state index contributed by atoms with van der Waals surface area (Å²) in [6.07, 6.45) is 6.21. The molecule has 1 heterocycles. The van der Waals surface area contributed by atoms with Gasteiger partial charge in [0.15, 0.2) is 9.84 Å². The Morgan fingerprint density at radius 1 is 1.33 bits per heavy atom. The lowest BCUT2D eigenvalue weighted by Gasteiger charge is -2.36. The number of carbonyl (C=O) groups excluding carboxylic acids is 1. The highest BCUT2D eigenvalue weighted by Gasteiger charge is 2.35. The van der Waals surface area contributed by atoms with Crippen LogP contribution in [0.3, 0.4) is 0 Å². The minimum Gasteiger partial charge on any atom is -0.481 e. The Hall–Kier alpha value is -1.57. The highest BCUT2D eigenvalue weighted by Crippen LogP contribution is 2.17. The Kier molecular flexibility index (Phi) is 4.87. The molecule has 0 spiro atoms. The minimum absolute atomic E-state index is 0.0338. The van der Waals surface area contributed by atoms with E-state index in [0.29, 0.717) is 0 Å². The molecule has 1 aliphatic carbocycles. The van der Waals surface area contributed by atoms with Crippen LogP contribution in [0.2, 0.25) is 0 Å². The molecule has 0 radical (unpaired) electrons. The summed E-state index contributed by atoms with van der Waals surface area (Å²) in [6.45, 7) is 0.0503. The zero-order chi connectivity index (χ0) is 15.5. The van der Waals surface area contributed by atoms with Crippen LogP contribution in [0.15, 0.2) is 12.2 Å². The van der Waals surface area contributed by atoms with E-state index in [2.05, 4.69) is 11.4 Å². The summed E-state index contributed by atoms with van der Waals surface area (Å²) >= 11 is 0. The van der Waals surface area contributed by atoms with Crippen LogP contribution < -0.4 is 5.32 Å². The molecule has 0 aromatic carbocycles. The van der Waals surface area contributed by atoms with E-state index >= 15 is 0 Å². The number of nitrogens with one attached hydrogen (secondary N) is 1. The molecule has 0 saturated carbocycles. The summed E-state index contributed by atoms with van der Waals surface area (Å²) in [5, 5.41) is 11.8. The van der Waals surface area contributed by atoms with Crippen LogP contribution in [-0.4, -0.2) is 60.6 Å². The van der Waals surface area contributed by atoms with E-state index in [4.69, 9.17) is 5.11 Å². The predicted octanol–water partition coefficient (Wildman–Crippen LogP) is 0.378. The normalized spacial score (nSPS) is 28.1. The minimum atomic E-state index is -3.27. The third kappa shape index (κ3) is 4.45. The first-order chi connectivity index (χ1) is 9.87. The molecule has 1 saturated heterocycles. The molecule has 7 nitrogen and oxygen atoms in total. The van der Waals surface area contributed by atoms with Gasteiger partial charge in [0, 0.05) is 12.6 Å². The lowest BCUT2D eigenvalue weighted by Crippen LogP contribution is -2.56. The molecular formula is C13H20N2O5S. The van der Waals surface area contributed by atoms with Crippen LogP contribution in [0, 0.1) is 0 Å². The fourth-order valence-corrected chi connectivity index (χ4v) is 4.23. The van der Waals surface area contributed by atoms with Crippen molar-refractivity contribution in [3.8, 4) is 0 Å². The van der Waals surface area contributed by atoms with Crippen molar-refractivity contribution in [2.75, 3.05) is 18.1 Å². The summed E-state index contributed by atoms with van der Waals surface area (Å²) < 4.78 is 23.3. The van der Waals surface area contributed by atoms with Crippen LogP contribution in [0.1, 0.15) is 25.7 Å². The Balaban J connectivity index is 2.02. The Bertz CT molecular complexity index is 543. The standard InChI is InChI=1S/C13H20N2O5S/c16-12(17)8-11-9-21(19,20)7-6-15(11)13(18)14-10-4-2-1-3-5-10/h1-2,10-11H,3-9H2,(H,14,18)(H,16,17). The van der Waals surface area contributed by atoms with Crippen LogP contribution in [-0.2, 0) is 14.6 Å². The van der Waals surface area contributed by atoms with Gasteiger partial charge in [-0.25, -0.2) is 13.2 Å². The Morgan fingerprint density at radius 2 is 2.10 bits per heavy atom. The molecule has 2 rings (SSSR count). The number of sulfone groups is 1. The molecule has 0 bridgehead atoms. The molecule has 21 heavy (non-hydrogen) atoms. The molecule has 2 amide bonds. The van der Waals surface area contributed by atoms with Crippen molar-refractivity contribution in [1.82, 2.24) is 10.2 Å². The second-order valence-corrected chi connectivity index (χ2v) is 7.72. The van der Waals surface area contributed by atoms with Crippen molar-refractivity contribution < 1.29 is 23.1 Å². The SMILES string of the molecule is O=C(O)CC1CS(=O)(=O)CCN1C(=O)NC1CC=CCC1. The number of nitrogens with zero attached hydrogens (tertiary/aromatic N) is 1. The summed E-state index contributed by atoms with van der Waals surface area (Å²) in [6, 6.07) is -1.12. The number of urea groups is 1. The first kappa shape index (κ1) is 15.8. The van der Waals surface area contributed by atoms with E-state index in [1.54, 1.807) is 0 Å². The summed E-state index contributed by atoms with van der Waals surface area (Å²) in [5.74, 6) is -1.49. The maximum Gasteiger partial charge on any atom is 0.317 e. The van der Waals surface area contributed by atoms with Gasteiger partial charge in [-0.05, 0) is 19.3 Å². The predicted molar refractivity (Wildman–Crippen MR) is 76.7 cm³/mol.